The third-order valence-electron chi connectivity index (χ3n) is 3.48. The van der Waals surface area contributed by atoms with Gasteiger partial charge in [-0.2, -0.15) is 5.10 Å². The number of carbonyl (C=O) groups is 1. The lowest BCUT2D eigenvalue weighted by Gasteiger charge is -2.07. The summed E-state index contributed by atoms with van der Waals surface area (Å²) in [5.41, 5.74) is 3.19. The topological polar surface area (TPSA) is 46.9 Å². The normalized spacial score (nSPS) is 10.7. The Balaban J connectivity index is 2.01. The van der Waals surface area contributed by atoms with Gasteiger partial charge in [-0.1, -0.05) is 15.9 Å². The minimum Gasteiger partial charge on any atom is -0.352 e. The highest BCUT2D eigenvalue weighted by molar-refractivity contribution is 9.10. The minimum atomic E-state index is -0.327. The zero-order chi connectivity index (χ0) is 15.6. The second-order valence-electron chi connectivity index (χ2n) is 4.96. The van der Waals surface area contributed by atoms with Crippen molar-refractivity contribution in [3.63, 3.8) is 0 Å². The summed E-state index contributed by atoms with van der Waals surface area (Å²) < 4.78 is 16.1. The van der Waals surface area contributed by atoms with Crippen molar-refractivity contribution in [2.24, 2.45) is 7.05 Å². The largest absolute Gasteiger partial charge is 0.352 e. The Bertz CT molecular complexity index is 682. The van der Waals surface area contributed by atoms with E-state index in [1.54, 1.807) is 16.8 Å². The molecule has 0 aliphatic rings. The predicted octanol–water partition coefficient (Wildman–Crippen LogP) is 2.80. The van der Waals surface area contributed by atoms with Crippen molar-refractivity contribution in [1.82, 2.24) is 15.1 Å². The van der Waals surface area contributed by atoms with Crippen LogP contribution in [0.2, 0.25) is 0 Å². The van der Waals surface area contributed by atoms with Crippen molar-refractivity contribution < 1.29 is 9.18 Å². The number of carbonyl (C=O) groups excluding carboxylic acids is 1. The molecule has 2 rings (SSSR count). The van der Waals surface area contributed by atoms with Gasteiger partial charge in [0.15, 0.2) is 0 Å². The van der Waals surface area contributed by atoms with Crippen molar-refractivity contribution in [3.8, 4) is 0 Å². The molecule has 1 amide bonds. The minimum absolute atomic E-state index is 0.145. The molecule has 0 fully saturated rings. The second kappa shape index (κ2) is 6.39. The second-order valence-corrected chi connectivity index (χ2v) is 5.88. The van der Waals surface area contributed by atoms with Crippen LogP contribution >= 0.6 is 15.9 Å². The van der Waals surface area contributed by atoms with Gasteiger partial charge in [-0.3, -0.25) is 9.48 Å². The Labute approximate surface area is 131 Å². The molecule has 6 heteroatoms. The molecule has 0 radical (unpaired) electrons. The number of aryl methyl sites for hydroxylation is 2. The van der Waals surface area contributed by atoms with Gasteiger partial charge >= 0.3 is 0 Å². The number of benzene rings is 1. The zero-order valence-electron chi connectivity index (χ0n) is 12.2. The van der Waals surface area contributed by atoms with Gasteiger partial charge in [-0.15, -0.1) is 0 Å². The fourth-order valence-electron chi connectivity index (χ4n) is 2.17. The van der Waals surface area contributed by atoms with E-state index in [0.29, 0.717) is 5.56 Å². The average molecular weight is 354 g/mol. The van der Waals surface area contributed by atoms with E-state index in [0.717, 1.165) is 21.4 Å². The highest BCUT2D eigenvalue weighted by Gasteiger charge is 2.13. The van der Waals surface area contributed by atoms with Gasteiger partial charge in [0.05, 0.1) is 12.1 Å². The maximum atomic E-state index is 13.6. The van der Waals surface area contributed by atoms with Gasteiger partial charge in [0, 0.05) is 34.9 Å². The molecule has 112 valence electrons. The third kappa shape index (κ3) is 3.69. The number of amides is 1. The first-order valence-electron chi connectivity index (χ1n) is 6.58. The van der Waals surface area contributed by atoms with E-state index >= 15 is 0 Å². The van der Waals surface area contributed by atoms with E-state index in [2.05, 4.69) is 26.3 Å². The molecule has 0 saturated carbocycles. The van der Waals surface area contributed by atoms with Gasteiger partial charge in [0.25, 0.3) is 0 Å². The molecule has 0 spiro atoms. The van der Waals surface area contributed by atoms with Crippen LogP contribution in [-0.2, 0) is 24.8 Å². The van der Waals surface area contributed by atoms with Crippen molar-refractivity contribution in [2.75, 3.05) is 0 Å². The molecule has 4 nitrogen and oxygen atoms in total. The van der Waals surface area contributed by atoms with Gasteiger partial charge in [-0.05, 0) is 32.0 Å². The van der Waals surface area contributed by atoms with Crippen molar-refractivity contribution in [3.05, 3.63) is 51.0 Å². The van der Waals surface area contributed by atoms with E-state index in [1.807, 2.05) is 20.9 Å². The molecular weight excluding hydrogens is 337 g/mol. The molecule has 0 bridgehead atoms. The van der Waals surface area contributed by atoms with Gasteiger partial charge in [-0.25, -0.2) is 4.39 Å². The standard InChI is InChI=1S/C15H17BrFN3O/c1-9-13(10(2)20(3)19-9)7-15(21)18-8-11-6-12(16)4-5-14(11)17/h4-6H,7-8H2,1-3H3,(H,18,21). The van der Waals surface area contributed by atoms with Crippen molar-refractivity contribution >= 4 is 21.8 Å². The van der Waals surface area contributed by atoms with Crippen LogP contribution in [0.3, 0.4) is 0 Å². The molecule has 0 aliphatic carbocycles. The number of aromatic nitrogens is 2. The highest BCUT2D eigenvalue weighted by atomic mass is 79.9. The summed E-state index contributed by atoms with van der Waals surface area (Å²) in [6.45, 7) is 3.97. The van der Waals surface area contributed by atoms with E-state index in [4.69, 9.17) is 0 Å². The Kier molecular flexibility index (Phi) is 4.77. The Morgan fingerprint density at radius 2 is 2.14 bits per heavy atom. The number of halogens is 2. The first kappa shape index (κ1) is 15.7. The molecule has 2 aromatic rings. The monoisotopic (exact) mass is 353 g/mol. The lowest BCUT2D eigenvalue weighted by Crippen LogP contribution is -2.25. The quantitative estimate of drug-likeness (QED) is 0.918. The summed E-state index contributed by atoms with van der Waals surface area (Å²) in [5, 5.41) is 7.02. The van der Waals surface area contributed by atoms with Crippen LogP contribution < -0.4 is 5.32 Å². The van der Waals surface area contributed by atoms with Crippen LogP contribution in [0.1, 0.15) is 22.5 Å². The lowest BCUT2D eigenvalue weighted by atomic mass is 10.1. The van der Waals surface area contributed by atoms with Crippen molar-refractivity contribution in [1.29, 1.82) is 0 Å². The van der Waals surface area contributed by atoms with E-state index < -0.39 is 0 Å². The maximum Gasteiger partial charge on any atom is 0.224 e. The van der Waals surface area contributed by atoms with Crippen LogP contribution in [0.25, 0.3) is 0 Å². The van der Waals surface area contributed by atoms with E-state index in [9.17, 15) is 9.18 Å². The molecule has 0 atom stereocenters. The highest BCUT2D eigenvalue weighted by Crippen LogP contribution is 2.16. The van der Waals surface area contributed by atoms with Crippen LogP contribution in [0.5, 0.6) is 0 Å². The van der Waals surface area contributed by atoms with Crippen LogP contribution in [0.15, 0.2) is 22.7 Å². The molecule has 0 saturated heterocycles. The number of hydrogen-bond acceptors (Lipinski definition) is 2. The van der Waals surface area contributed by atoms with Crippen LogP contribution in [-0.4, -0.2) is 15.7 Å². The van der Waals surface area contributed by atoms with Crippen LogP contribution in [0, 0.1) is 19.7 Å². The molecule has 1 aromatic carbocycles. The summed E-state index contributed by atoms with van der Waals surface area (Å²) in [4.78, 5) is 12.0. The van der Waals surface area contributed by atoms with E-state index in [1.165, 1.54) is 6.07 Å². The Morgan fingerprint density at radius 1 is 1.43 bits per heavy atom. The smallest absolute Gasteiger partial charge is 0.224 e. The number of nitrogens with one attached hydrogen (secondary N) is 1. The summed E-state index contributed by atoms with van der Waals surface area (Å²) in [5.74, 6) is -0.471. The lowest BCUT2D eigenvalue weighted by molar-refractivity contribution is -0.120. The summed E-state index contributed by atoms with van der Waals surface area (Å²) in [6, 6.07) is 4.67. The third-order valence-corrected chi connectivity index (χ3v) is 3.97. The maximum absolute atomic E-state index is 13.6. The molecule has 1 heterocycles. The zero-order valence-corrected chi connectivity index (χ0v) is 13.8. The first-order chi connectivity index (χ1) is 9.88. The number of hydrogen-bond donors (Lipinski definition) is 1. The molecule has 21 heavy (non-hydrogen) atoms. The average Bonchev–Trinajstić information content (AvgIpc) is 2.66. The van der Waals surface area contributed by atoms with Crippen LogP contribution in [0.4, 0.5) is 4.39 Å². The number of nitrogens with zero attached hydrogens (tertiary/aromatic N) is 2. The summed E-state index contributed by atoms with van der Waals surface area (Å²) in [6.07, 6.45) is 0.251. The Morgan fingerprint density at radius 3 is 2.76 bits per heavy atom. The SMILES string of the molecule is Cc1nn(C)c(C)c1CC(=O)NCc1cc(Br)ccc1F. The summed E-state index contributed by atoms with van der Waals surface area (Å²) >= 11 is 3.29. The van der Waals surface area contributed by atoms with Crippen molar-refractivity contribution in [2.45, 2.75) is 26.8 Å². The molecule has 0 unspecified atom stereocenters. The first-order valence-corrected chi connectivity index (χ1v) is 7.37. The van der Waals surface area contributed by atoms with Gasteiger partial charge in [0.1, 0.15) is 5.82 Å². The molecule has 1 aromatic heterocycles. The van der Waals surface area contributed by atoms with Gasteiger partial charge < -0.3 is 5.32 Å². The fraction of sp³-hybridized carbons (Fsp3) is 0.333. The number of rotatable bonds is 4. The molecule has 1 N–H and O–H groups in total. The van der Waals surface area contributed by atoms with Gasteiger partial charge in [0.2, 0.25) is 5.91 Å². The summed E-state index contributed by atoms with van der Waals surface area (Å²) in [7, 11) is 1.85. The van der Waals surface area contributed by atoms with E-state index in [-0.39, 0.29) is 24.7 Å². The molecular formula is C15H17BrFN3O. The Hall–Kier alpha value is -1.69. The molecule has 0 aliphatic heterocycles. The predicted molar refractivity (Wildman–Crippen MR) is 82.3 cm³/mol. The fourth-order valence-corrected chi connectivity index (χ4v) is 2.58.